The second-order valence-corrected chi connectivity index (χ2v) is 13.7. The first-order valence-electron chi connectivity index (χ1n) is 16.3. The highest BCUT2D eigenvalue weighted by molar-refractivity contribution is 9.11. The van der Waals surface area contributed by atoms with Crippen molar-refractivity contribution in [2.45, 2.75) is 44.2 Å². The van der Waals surface area contributed by atoms with E-state index < -0.39 is 24.0 Å². The number of phenols is 1. The number of halogens is 2. The average molecular weight is 804 g/mol. The number of aromatic nitrogens is 1. The SMILES string of the molecule is COc1cccc(CCN(C)C(=O)N[C@H](Cc2cc(Br)c(O)c(Br)c2)C(=O)N[C@@H](CCCCN)C(=O)N2CCN(c3ccncc3)CC2)c1. The summed E-state index contributed by atoms with van der Waals surface area (Å²) in [6, 6.07) is 12.7. The molecule has 0 aliphatic carbocycles. The lowest BCUT2D eigenvalue weighted by molar-refractivity contribution is -0.137. The lowest BCUT2D eigenvalue weighted by atomic mass is 10.0. The molecule has 3 aromatic rings. The summed E-state index contributed by atoms with van der Waals surface area (Å²) in [5.74, 6) is 0.131. The van der Waals surface area contributed by atoms with Gasteiger partial charge in [-0.05, 0) is 112 Å². The standard InChI is InChI=1S/C35H45Br2N7O5/c1-42(15-11-24-6-5-7-27(20-24)49-2)35(48)41-31(23-25-21-28(36)32(45)29(37)22-25)33(46)40-30(8-3-4-12-38)34(47)44-18-16-43(17-19-44)26-9-13-39-14-10-26/h5-7,9-10,13-14,20-22,30-31,45H,3-4,8,11-12,15-19,23,38H2,1-2H3,(H,40,46)(H,41,48)/t30-,31+/m0/s1. The van der Waals surface area contributed by atoms with Crippen molar-refractivity contribution in [1.82, 2.24) is 25.4 Å². The van der Waals surface area contributed by atoms with Crippen molar-refractivity contribution in [2.75, 3.05) is 58.3 Å². The summed E-state index contributed by atoms with van der Waals surface area (Å²) in [5, 5.41) is 16.1. The van der Waals surface area contributed by atoms with E-state index >= 15 is 0 Å². The number of unbranched alkanes of at least 4 members (excludes halogenated alkanes) is 1. The van der Waals surface area contributed by atoms with Gasteiger partial charge in [0.05, 0.1) is 16.1 Å². The van der Waals surface area contributed by atoms with E-state index in [0.717, 1.165) is 17.0 Å². The first-order chi connectivity index (χ1) is 23.6. The van der Waals surface area contributed by atoms with Crippen LogP contribution in [0.4, 0.5) is 10.5 Å². The smallest absolute Gasteiger partial charge is 0.317 e. The largest absolute Gasteiger partial charge is 0.506 e. The van der Waals surface area contributed by atoms with Crippen molar-refractivity contribution in [3.8, 4) is 11.5 Å². The molecule has 2 atom stereocenters. The zero-order valence-electron chi connectivity index (χ0n) is 27.9. The van der Waals surface area contributed by atoms with Crippen LogP contribution in [0.5, 0.6) is 11.5 Å². The Bertz CT molecular complexity index is 1530. The molecule has 0 saturated carbocycles. The fourth-order valence-corrected chi connectivity index (χ4v) is 6.93. The number of likely N-dealkylation sites (N-methyl/N-ethyl adjacent to an activating group) is 1. The molecule has 12 nitrogen and oxygen atoms in total. The first-order valence-corrected chi connectivity index (χ1v) is 17.9. The molecule has 1 aromatic heterocycles. The Morgan fingerprint density at radius 3 is 2.33 bits per heavy atom. The number of methoxy groups -OCH3 is 1. The molecule has 14 heteroatoms. The van der Waals surface area contributed by atoms with Crippen LogP contribution in [-0.2, 0) is 22.4 Å². The van der Waals surface area contributed by atoms with E-state index in [9.17, 15) is 19.5 Å². The lowest BCUT2D eigenvalue weighted by Crippen LogP contribution is -2.58. The molecule has 2 heterocycles. The highest BCUT2D eigenvalue weighted by Gasteiger charge is 2.32. The maximum absolute atomic E-state index is 14.0. The summed E-state index contributed by atoms with van der Waals surface area (Å²) in [4.78, 5) is 51.0. The fourth-order valence-electron chi connectivity index (χ4n) is 5.65. The summed E-state index contributed by atoms with van der Waals surface area (Å²) < 4.78 is 6.20. The van der Waals surface area contributed by atoms with Gasteiger partial charge in [0.15, 0.2) is 0 Å². The number of carbonyl (C=O) groups is 3. The van der Waals surface area contributed by atoms with Gasteiger partial charge in [-0.3, -0.25) is 14.6 Å². The molecule has 0 radical (unpaired) electrons. The molecule has 1 aliphatic heterocycles. The Balaban J connectivity index is 1.48. The van der Waals surface area contributed by atoms with Crippen LogP contribution in [0.15, 0.2) is 69.9 Å². The molecule has 4 rings (SSSR count). The molecule has 1 aliphatic rings. The number of rotatable bonds is 15. The third-order valence-corrected chi connectivity index (χ3v) is 9.74. The van der Waals surface area contributed by atoms with Crippen LogP contribution in [0.25, 0.3) is 0 Å². The van der Waals surface area contributed by atoms with Gasteiger partial charge in [-0.15, -0.1) is 0 Å². The van der Waals surface area contributed by atoms with E-state index in [1.807, 2.05) is 36.4 Å². The van der Waals surface area contributed by atoms with E-state index in [4.69, 9.17) is 10.5 Å². The van der Waals surface area contributed by atoms with Gasteiger partial charge in [-0.25, -0.2) is 4.79 Å². The summed E-state index contributed by atoms with van der Waals surface area (Å²) in [6.07, 6.45) is 5.99. The quantitative estimate of drug-likeness (QED) is 0.168. The highest BCUT2D eigenvalue weighted by Crippen LogP contribution is 2.33. The van der Waals surface area contributed by atoms with E-state index in [0.29, 0.717) is 79.5 Å². The number of nitrogens with zero attached hydrogens (tertiary/aromatic N) is 4. The van der Waals surface area contributed by atoms with Gasteiger partial charge >= 0.3 is 6.03 Å². The van der Waals surface area contributed by atoms with Crippen LogP contribution in [0.3, 0.4) is 0 Å². The van der Waals surface area contributed by atoms with Crippen LogP contribution in [0, 0.1) is 0 Å². The Hall–Kier alpha value is -3.88. The number of ether oxygens (including phenoxy) is 1. The normalized spacial score (nSPS) is 14.1. The number of phenolic OH excluding ortho intramolecular Hbond substituents is 1. The van der Waals surface area contributed by atoms with Crippen molar-refractivity contribution < 1.29 is 24.2 Å². The van der Waals surface area contributed by atoms with Crippen LogP contribution in [-0.4, -0.2) is 103 Å². The van der Waals surface area contributed by atoms with Gasteiger partial charge in [0.2, 0.25) is 11.8 Å². The number of urea groups is 1. The van der Waals surface area contributed by atoms with Crippen LogP contribution in [0.1, 0.15) is 30.4 Å². The minimum absolute atomic E-state index is 0.0284. The molecule has 1 saturated heterocycles. The number of aromatic hydroxyl groups is 1. The second kappa shape index (κ2) is 18.8. The van der Waals surface area contributed by atoms with E-state index in [1.165, 1.54) is 4.90 Å². The second-order valence-electron chi connectivity index (χ2n) is 12.0. The predicted octanol–water partition coefficient (Wildman–Crippen LogP) is 4.08. The number of hydrogen-bond acceptors (Lipinski definition) is 8. The van der Waals surface area contributed by atoms with Crippen molar-refractivity contribution in [3.05, 3.63) is 81.0 Å². The number of pyridine rings is 1. The van der Waals surface area contributed by atoms with Crippen molar-refractivity contribution in [1.29, 1.82) is 0 Å². The molecular weight excluding hydrogens is 758 g/mol. The van der Waals surface area contributed by atoms with E-state index in [1.54, 1.807) is 43.6 Å². The van der Waals surface area contributed by atoms with Gasteiger partial charge in [0.25, 0.3) is 0 Å². The minimum Gasteiger partial charge on any atom is -0.506 e. The molecule has 49 heavy (non-hydrogen) atoms. The molecule has 5 N–H and O–H groups in total. The maximum atomic E-state index is 14.0. The van der Waals surface area contributed by atoms with Crippen molar-refractivity contribution >= 4 is 55.4 Å². The van der Waals surface area contributed by atoms with Crippen molar-refractivity contribution in [3.63, 3.8) is 0 Å². The van der Waals surface area contributed by atoms with Crippen LogP contribution in [0.2, 0.25) is 0 Å². The Morgan fingerprint density at radius 1 is 0.980 bits per heavy atom. The third kappa shape index (κ3) is 11.1. The van der Waals surface area contributed by atoms with Crippen LogP contribution < -0.4 is 26.0 Å². The number of benzene rings is 2. The summed E-state index contributed by atoms with van der Waals surface area (Å²) in [5.41, 5.74) is 8.50. The molecule has 0 spiro atoms. The van der Waals surface area contributed by atoms with Crippen molar-refractivity contribution in [2.24, 2.45) is 5.73 Å². The van der Waals surface area contributed by atoms with Gasteiger partial charge < -0.3 is 40.9 Å². The Kier molecular flexibility index (Phi) is 14.5. The molecular formula is C35H45Br2N7O5. The van der Waals surface area contributed by atoms with Gasteiger partial charge in [-0.2, -0.15) is 0 Å². The molecule has 264 valence electrons. The van der Waals surface area contributed by atoms with Gasteiger partial charge in [0, 0.05) is 64.3 Å². The van der Waals surface area contributed by atoms with Gasteiger partial charge in [0.1, 0.15) is 23.6 Å². The van der Waals surface area contributed by atoms with E-state index in [-0.39, 0.29) is 18.1 Å². The molecule has 4 amide bonds. The number of amides is 4. The number of nitrogens with two attached hydrogens (primary N) is 1. The zero-order chi connectivity index (χ0) is 35.3. The lowest BCUT2D eigenvalue weighted by Gasteiger charge is -2.38. The summed E-state index contributed by atoms with van der Waals surface area (Å²) >= 11 is 6.71. The minimum atomic E-state index is -1.01. The number of anilines is 1. The number of carbonyl (C=O) groups excluding carboxylic acids is 3. The summed E-state index contributed by atoms with van der Waals surface area (Å²) in [7, 11) is 3.28. The topological polar surface area (TPSA) is 153 Å². The number of hydrogen-bond donors (Lipinski definition) is 4. The van der Waals surface area contributed by atoms with E-state index in [2.05, 4.69) is 52.4 Å². The predicted molar refractivity (Wildman–Crippen MR) is 197 cm³/mol. The third-order valence-electron chi connectivity index (χ3n) is 8.53. The Labute approximate surface area is 304 Å². The molecule has 2 aromatic carbocycles. The monoisotopic (exact) mass is 801 g/mol. The molecule has 0 unspecified atom stereocenters. The summed E-state index contributed by atoms with van der Waals surface area (Å²) in [6.45, 7) is 3.21. The zero-order valence-corrected chi connectivity index (χ0v) is 31.1. The fraction of sp³-hybridized carbons (Fsp3) is 0.429. The first kappa shape index (κ1) is 37.9. The Morgan fingerprint density at radius 2 is 1.67 bits per heavy atom. The van der Waals surface area contributed by atoms with Gasteiger partial charge in [-0.1, -0.05) is 12.1 Å². The highest BCUT2D eigenvalue weighted by atomic mass is 79.9. The number of nitrogens with one attached hydrogen (secondary N) is 2. The maximum Gasteiger partial charge on any atom is 0.317 e. The molecule has 1 fully saturated rings. The average Bonchev–Trinajstić information content (AvgIpc) is 3.12. The molecule has 0 bridgehead atoms. The van der Waals surface area contributed by atoms with Crippen LogP contribution >= 0.6 is 31.9 Å². The number of piperazine rings is 1.